The van der Waals surface area contributed by atoms with Gasteiger partial charge in [0.1, 0.15) is 5.75 Å². The van der Waals surface area contributed by atoms with Crippen LogP contribution in [0.25, 0.3) is 0 Å². The van der Waals surface area contributed by atoms with Crippen LogP contribution in [0.15, 0.2) is 41.3 Å². The lowest BCUT2D eigenvalue weighted by molar-refractivity contribution is 0.0730. The van der Waals surface area contributed by atoms with E-state index in [4.69, 9.17) is 32.7 Å². The van der Waals surface area contributed by atoms with Crippen LogP contribution in [0.3, 0.4) is 0 Å². The van der Waals surface area contributed by atoms with E-state index in [1.165, 1.54) is 29.6 Å². The summed E-state index contributed by atoms with van der Waals surface area (Å²) in [7, 11) is -2.28. The number of morpholine rings is 1. The Morgan fingerprint density at radius 2 is 1.94 bits per heavy atom. The maximum Gasteiger partial charge on any atom is 0.255 e. The minimum Gasteiger partial charge on any atom is -0.496 e. The Balaban J connectivity index is 1.60. The fraction of sp³-hybridized carbons (Fsp3) is 0.381. The number of carbonyl (C=O) groups is 1. The standard InChI is InChI=1S/C21H24Cl2N2O5S2/c1-29-20-5-4-17(32(27,28)25-7-9-30-10-8-25)13-18(20)21(26)24-6-11-31-14-15-2-3-16(22)12-19(15)23/h2-5,12-13H,6-11,14H2,1H3,(H,24,26). The van der Waals surface area contributed by atoms with Gasteiger partial charge >= 0.3 is 0 Å². The maximum absolute atomic E-state index is 12.9. The second-order valence-corrected chi connectivity index (χ2v) is 10.8. The van der Waals surface area contributed by atoms with Crippen LogP contribution < -0.4 is 10.1 Å². The van der Waals surface area contributed by atoms with Gasteiger partial charge in [0, 0.05) is 41.2 Å². The number of benzene rings is 2. The topological polar surface area (TPSA) is 84.9 Å². The van der Waals surface area contributed by atoms with Crippen molar-refractivity contribution >= 4 is 50.9 Å². The Kier molecular flexibility index (Phi) is 9.10. The van der Waals surface area contributed by atoms with Crippen molar-refractivity contribution in [3.8, 4) is 5.75 Å². The Labute approximate surface area is 202 Å². The molecule has 1 fully saturated rings. The molecule has 0 unspecified atom stereocenters. The highest BCUT2D eigenvalue weighted by molar-refractivity contribution is 7.98. The van der Waals surface area contributed by atoms with Crippen LogP contribution >= 0.6 is 35.0 Å². The molecule has 1 N–H and O–H groups in total. The first-order valence-corrected chi connectivity index (χ1v) is 13.2. The summed E-state index contributed by atoms with van der Waals surface area (Å²) < 4.78 is 37.7. The zero-order valence-electron chi connectivity index (χ0n) is 17.5. The van der Waals surface area contributed by atoms with Crippen LogP contribution in [-0.2, 0) is 20.5 Å². The van der Waals surface area contributed by atoms with Crippen molar-refractivity contribution in [2.45, 2.75) is 10.6 Å². The van der Waals surface area contributed by atoms with Gasteiger partial charge in [-0.05, 0) is 35.9 Å². The van der Waals surface area contributed by atoms with Gasteiger partial charge in [0.25, 0.3) is 5.91 Å². The minimum absolute atomic E-state index is 0.0529. The molecular formula is C21H24Cl2N2O5S2. The molecule has 174 valence electrons. The molecule has 2 aromatic rings. The minimum atomic E-state index is -3.72. The summed E-state index contributed by atoms with van der Waals surface area (Å²) in [5.41, 5.74) is 1.14. The molecule has 0 aromatic heterocycles. The molecule has 0 atom stereocenters. The van der Waals surface area contributed by atoms with E-state index in [1.54, 1.807) is 23.9 Å². The van der Waals surface area contributed by atoms with Gasteiger partial charge in [-0.1, -0.05) is 29.3 Å². The van der Waals surface area contributed by atoms with E-state index in [9.17, 15) is 13.2 Å². The van der Waals surface area contributed by atoms with Gasteiger partial charge in [-0.3, -0.25) is 4.79 Å². The van der Waals surface area contributed by atoms with Crippen molar-refractivity contribution in [2.75, 3.05) is 45.7 Å². The Hall–Kier alpha value is -1.49. The zero-order chi connectivity index (χ0) is 23.1. The zero-order valence-corrected chi connectivity index (χ0v) is 20.6. The molecular weight excluding hydrogens is 495 g/mol. The van der Waals surface area contributed by atoms with E-state index in [0.29, 0.717) is 47.1 Å². The SMILES string of the molecule is COc1ccc(S(=O)(=O)N2CCOCC2)cc1C(=O)NCCSCc1ccc(Cl)cc1Cl. The Morgan fingerprint density at radius 1 is 1.19 bits per heavy atom. The third kappa shape index (κ3) is 6.30. The summed E-state index contributed by atoms with van der Waals surface area (Å²) >= 11 is 13.7. The average Bonchev–Trinajstić information content (AvgIpc) is 2.80. The number of hydrogen-bond acceptors (Lipinski definition) is 6. The first-order chi connectivity index (χ1) is 15.3. The maximum atomic E-state index is 12.9. The lowest BCUT2D eigenvalue weighted by Gasteiger charge is -2.26. The summed E-state index contributed by atoms with van der Waals surface area (Å²) in [6.45, 7) is 1.66. The summed E-state index contributed by atoms with van der Waals surface area (Å²) in [5, 5.41) is 4.01. The van der Waals surface area contributed by atoms with Crippen LogP contribution in [0, 0.1) is 0 Å². The fourth-order valence-corrected chi connectivity index (χ4v) is 5.97. The molecule has 0 saturated carbocycles. The number of ether oxygens (including phenoxy) is 2. The quantitative estimate of drug-likeness (QED) is 0.509. The van der Waals surface area contributed by atoms with Crippen LogP contribution in [-0.4, -0.2) is 64.3 Å². The summed E-state index contributed by atoms with van der Waals surface area (Å²) in [6.07, 6.45) is 0. The number of rotatable bonds is 9. The number of carbonyl (C=O) groups excluding carboxylic acids is 1. The molecule has 0 spiro atoms. The molecule has 1 amide bonds. The largest absolute Gasteiger partial charge is 0.496 e. The number of sulfonamides is 1. The molecule has 0 radical (unpaired) electrons. The van der Waals surface area contributed by atoms with Crippen LogP contribution in [0.4, 0.5) is 0 Å². The highest BCUT2D eigenvalue weighted by Crippen LogP contribution is 2.26. The molecule has 1 heterocycles. The number of nitrogens with zero attached hydrogens (tertiary/aromatic N) is 1. The van der Waals surface area contributed by atoms with Crippen molar-refractivity contribution in [1.82, 2.24) is 9.62 Å². The van der Waals surface area contributed by atoms with Gasteiger partial charge in [-0.2, -0.15) is 16.1 Å². The molecule has 0 bridgehead atoms. The van der Waals surface area contributed by atoms with E-state index >= 15 is 0 Å². The molecule has 11 heteroatoms. The van der Waals surface area contributed by atoms with Crippen molar-refractivity contribution < 1.29 is 22.7 Å². The smallest absolute Gasteiger partial charge is 0.255 e. The van der Waals surface area contributed by atoms with Gasteiger partial charge in [0.05, 0.1) is 30.8 Å². The summed E-state index contributed by atoms with van der Waals surface area (Å²) in [4.78, 5) is 12.8. The highest BCUT2D eigenvalue weighted by atomic mass is 35.5. The number of methoxy groups -OCH3 is 1. The van der Waals surface area contributed by atoms with E-state index in [-0.39, 0.29) is 23.5 Å². The van der Waals surface area contributed by atoms with Gasteiger partial charge in [-0.25, -0.2) is 8.42 Å². The first kappa shape index (κ1) is 25.1. The number of nitrogens with one attached hydrogen (secondary N) is 1. The molecule has 3 rings (SSSR count). The molecule has 7 nitrogen and oxygen atoms in total. The van der Waals surface area contributed by atoms with Crippen molar-refractivity contribution in [3.63, 3.8) is 0 Å². The Morgan fingerprint density at radius 3 is 2.62 bits per heavy atom. The third-order valence-electron chi connectivity index (χ3n) is 4.83. The number of hydrogen-bond donors (Lipinski definition) is 1. The molecule has 32 heavy (non-hydrogen) atoms. The number of amides is 1. The predicted molar refractivity (Wildman–Crippen MR) is 128 cm³/mol. The Bertz CT molecular complexity index is 1060. The van der Waals surface area contributed by atoms with E-state index in [1.807, 2.05) is 6.07 Å². The van der Waals surface area contributed by atoms with Gasteiger partial charge in [-0.15, -0.1) is 0 Å². The summed E-state index contributed by atoms with van der Waals surface area (Å²) in [6, 6.07) is 9.67. The monoisotopic (exact) mass is 518 g/mol. The normalized spacial score (nSPS) is 14.8. The second-order valence-electron chi connectivity index (χ2n) is 6.92. The van der Waals surface area contributed by atoms with Crippen molar-refractivity contribution in [2.24, 2.45) is 0 Å². The van der Waals surface area contributed by atoms with E-state index < -0.39 is 15.9 Å². The summed E-state index contributed by atoms with van der Waals surface area (Å²) in [5.74, 6) is 1.25. The van der Waals surface area contributed by atoms with E-state index in [2.05, 4.69) is 5.32 Å². The van der Waals surface area contributed by atoms with Crippen LogP contribution in [0.5, 0.6) is 5.75 Å². The van der Waals surface area contributed by atoms with E-state index in [0.717, 1.165) is 5.56 Å². The van der Waals surface area contributed by atoms with Gasteiger partial charge in [0.2, 0.25) is 10.0 Å². The number of thioether (sulfide) groups is 1. The van der Waals surface area contributed by atoms with Gasteiger partial charge < -0.3 is 14.8 Å². The molecule has 1 saturated heterocycles. The van der Waals surface area contributed by atoms with Crippen molar-refractivity contribution in [3.05, 3.63) is 57.6 Å². The predicted octanol–water partition coefficient (Wildman–Crippen LogP) is 3.69. The van der Waals surface area contributed by atoms with Crippen molar-refractivity contribution in [1.29, 1.82) is 0 Å². The second kappa shape index (κ2) is 11.6. The molecule has 1 aliphatic heterocycles. The van der Waals surface area contributed by atoms with Gasteiger partial charge in [0.15, 0.2) is 0 Å². The molecule has 0 aliphatic carbocycles. The third-order valence-corrected chi connectivity index (χ3v) is 8.32. The fourth-order valence-electron chi connectivity index (χ4n) is 3.11. The molecule has 1 aliphatic rings. The lowest BCUT2D eigenvalue weighted by Crippen LogP contribution is -2.40. The first-order valence-electron chi connectivity index (χ1n) is 9.88. The highest BCUT2D eigenvalue weighted by Gasteiger charge is 2.28. The van der Waals surface area contributed by atoms with Crippen LogP contribution in [0.2, 0.25) is 10.0 Å². The number of halogens is 2. The average molecular weight is 519 g/mol. The lowest BCUT2D eigenvalue weighted by atomic mass is 10.2. The molecule has 2 aromatic carbocycles. The van der Waals surface area contributed by atoms with Crippen LogP contribution in [0.1, 0.15) is 15.9 Å².